The summed E-state index contributed by atoms with van der Waals surface area (Å²) in [4.78, 5) is 4.51. The number of hydrogen-bond acceptors (Lipinski definition) is 5. The highest BCUT2D eigenvalue weighted by atomic mass is 35.5. The highest BCUT2D eigenvalue weighted by molar-refractivity contribution is 6.33. The second kappa shape index (κ2) is 8.61. The van der Waals surface area contributed by atoms with E-state index in [1.54, 1.807) is 22.7 Å². The summed E-state index contributed by atoms with van der Waals surface area (Å²) in [5.41, 5.74) is 4.22. The van der Waals surface area contributed by atoms with Gasteiger partial charge >= 0.3 is 0 Å². The molecule has 0 saturated heterocycles. The van der Waals surface area contributed by atoms with Gasteiger partial charge in [0.2, 0.25) is 5.95 Å². The fraction of sp³-hybridized carbons (Fsp3) is 0.0400. The predicted molar refractivity (Wildman–Crippen MR) is 126 cm³/mol. The molecule has 0 aliphatic rings. The zero-order chi connectivity index (χ0) is 21.9. The Balaban J connectivity index is 1.30. The molecule has 2 aromatic heterocycles. The van der Waals surface area contributed by atoms with E-state index in [2.05, 4.69) is 15.4 Å². The first-order valence-electron chi connectivity index (χ1n) is 10.0. The summed E-state index contributed by atoms with van der Waals surface area (Å²) < 4.78 is 7.50. The van der Waals surface area contributed by atoms with Crippen LogP contribution < -0.4 is 10.1 Å². The first-order valence-corrected chi connectivity index (χ1v) is 10.4. The lowest BCUT2D eigenvalue weighted by Gasteiger charge is -2.07. The van der Waals surface area contributed by atoms with Crippen LogP contribution in [0.15, 0.2) is 91.1 Å². The minimum absolute atomic E-state index is 0.154. The second-order valence-corrected chi connectivity index (χ2v) is 7.65. The molecule has 0 spiro atoms. The number of rotatable bonds is 6. The third-order valence-electron chi connectivity index (χ3n) is 4.95. The fourth-order valence-corrected chi connectivity index (χ4v) is 3.56. The Morgan fingerprint density at radius 1 is 0.938 bits per heavy atom. The number of aromatic nitrogens is 3. The smallest absolute Gasteiger partial charge is 0.247 e. The lowest BCUT2D eigenvalue weighted by molar-refractivity contribution is 0.306. The standard InChI is InChI=1S/C25H19ClN4O2/c26-23-12-9-20(31)14-22(23)18-6-13-24-28-25(29-30(24)15-18)27-19-7-10-21(11-8-19)32-16-17-4-2-1-3-5-17/h1-15,31H,16H2,(H,27,29). The van der Waals surface area contributed by atoms with Gasteiger partial charge in [0.15, 0.2) is 5.65 Å². The number of nitrogens with one attached hydrogen (secondary N) is 1. The van der Waals surface area contributed by atoms with Crippen molar-refractivity contribution in [3.63, 3.8) is 0 Å². The van der Waals surface area contributed by atoms with Crippen molar-refractivity contribution in [2.24, 2.45) is 0 Å². The average Bonchev–Trinajstić information content (AvgIpc) is 3.22. The van der Waals surface area contributed by atoms with Gasteiger partial charge in [-0.15, -0.1) is 5.10 Å². The monoisotopic (exact) mass is 442 g/mol. The number of hydrogen-bond donors (Lipinski definition) is 2. The summed E-state index contributed by atoms with van der Waals surface area (Å²) in [5.74, 6) is 1.42. The number of benzene rings is 3. The molecule has 0 amide bonds. The van der Waals surface area contributed by atoms with Crippen LogP contribution in [-0.2, 0) is 6.61 Å². The van der Waals surface area contributed by atoms with E-state index in [0.29, 0.717) is 23.2 Å². The van der Waals surface area contributed by atoms with Crippen molar-refractivity contribution in [3.05, 3.63) is 102 Å². The van der Waals surface area contributed by atoms with Crippen molar-refractivity contribution in [1.82, 2.24) is 14.6 Å². The number of aromatic hydroxyl groups is 1. The first-order chi connectivity index (χ1) is 15.6. The van der Waals surface area contributed by atoms with E-state index in [9.17, 15) is 5.11 Å². The summed E-state index contributed by atoms with van der Waals surface area (Å²) in [5, 5.41) is 18.0. The molecular weight excluding hydrogens is 424 g/mol. The Hall–Kier alpha value is -4.03. The summed E-state index contributed by atoms with van der Waals surface area (Å²) in [7, 11) is 0. The molecule has 7 heteroatoms. The molecule has 0 aliphatic carbocycles. The molecule has 158 valence electrons. The fourth-order valence-electron chi connectivity index (χ4n) is 3.33. The van der Waals surface area contributed by atoms with Gasteiger partial charge in [-0.05, 0) is 60.2 Å². The number of phenolic OH excluding ortho intramolecular Hbond substituents is 1. The minimum atomic E-state index is 0.154. The lowest BCUT2D eigenvalue weighted by atomic mass is 10.1. The van der Waals surface area contributed by atoms with Gasteiger partial charge in [-0.3, -0.25) is 0 Å². The highest BCUT2D eigenvalue weighted by Gasteiger charge is 2.09. The number of ether oxygens (including phenoxy) is 1. The molecule has 0 atom stereocenters. The molecule has 2 N–H and O–H groups in total. The largest absolute Gasteiger partial charge is 0.508 e. The molecule has 0 radical (unpaired) electrons. The van der Waals surface area contributed by atoms with Gasteiger partial charge < -0.3 is 15.2 Å². The minimum Gasteiger partial charge on any atom is -0.508 e. The van der Waals surface area contributed by atoms with Crippen LogP contribution in [0, 0.1) is 0 Å². The van der Waals surface area contributed by atoms with Crippen LogP contribution in [0.25, 0.3) is 16.8 Å². The molecule has 2 heterocycles. The summed E-state index contributed by atoms with van der Waals surface area (Å²) in [6.07, 6.45) is 1.83. The Morgan fingerprint density at radius 3 is 2.56 bits per heavy atom. The average molecular weight is 443 g/mol. The molecule has 0 fully saturated rings. The van der Waals surface area contributed by atoms with Crippen LogP contribution in [0.3, 0.4) is 0 Å². The van der Waals surface area contributed by atoms with E-state index in [-0.39, 0.29) is 5.75 Å². The van der Waals surface area contributed by atoms with Crippen molar-refractivity contribution in [3.8, 4) is 22.6 Å². The highest BCUT2D eigenvalue weighted by Crippen LogP contribution is 2.31. The van der Waals surface area contributed by atoms with Crippen LogP contribution in [0.4, 0.5) is 11.6 Å². The molecule has 5 rings (SSSR count). The van der Waals surface area contributed by atoms with Gasteiger partial charge in [0.25, 0.3) is 0 Å². The summed E-state index contributed by atoms with van der Waals surface area (Å²) in [6.45, 7) is 0.521. The van der Waals surface area contributed by atoms with Crippen LogP contribution in [-0.4, -0.2) is 19.7 Å². The van der Waals surface area contributed by atoms with E-state index in [4.69, 9.17) is 16.3 Å². The Bertz CT molecular complexity index is 1370. The number of fused-ring (bicyclic) bond motifs is 1. The zero-order valence-corrected chi connectivity index (χ0v) is 17.7. The van der Waals surface area contributed by atoms with E-state index in [1.807, 2.05) is 72.9 Å². The van der Waals surface area contributed by atoms with Crippen LogP contribution in [0.5, 0.6) is 11.5 Å². The maximum Gasteiger partial charge on any atom is 0.247 e. The molecule has 0 bridgehead atoms. The third kappa shape index (κ3) is 4.36. The summed E-state index contributed by atoms with van der Waals surface area (Å²) in [6, 6.07) is 26.3. The van der Waals surface area contributed by atoms with E-state index in [1.165, 1.54) is 0 Å². The van der Waals surface area contributed by atoms with Crippen molar-refractivity contribution < 1.29 is 9.84 Å². The maximum atomic E-state index is 9.78. The normalized spacial score (nSPS) is 10.9. The van der Waals surface area contributed by atoms with E-state index in [0.717, 1.165) is 28.1 Å². The zero-order valence-electron chi connectivity index (χ0n) is 16.9. The van der Waals surface area contributed by atoms with Crippen molar-refractivity contribution >= 4 is 28.9 Å². The van der Waals surface area contributed by atoms with E-state index >= 15 is 0 Å². The first kappa shape index (κ1) is 19.9. The van der Waals surface area contributed by atoms with Gasteiger partial charge in [-0.1, -0.05) is 41.9 Å². The number of pyridine rings is 1. The third-order valence-corrected chi connectivity index (χ3v) is 5.28. The van der Waals surface area contributed by atoms with Gasteiger partial charge in [0, 0.05) is 28.0 Å². The topological polar surface area (TPSA) is 71.7 Å². The second-order valence-electron chi connectivity index (χ2n) is 7.24. The molecule has 32 heavy (non-hydrogen) atoms. The number of phenols is 1. The van der Waals surface area contributed by atoms with E-state index < -0.39 is 0 Å². The van der Waals surface area contributed by atoms with Crippen molar-refractivity contribution in [2.75, 3.05) is 5.32 Å². The maximum absolute atomic E-state index is 9.78. The van der Waals surface area contributed by atoms with Crippen molar-refractivity contribution in [2.45, 2.75) is 6.61 Å². The van der Waals surface area contributed by atoms with Gasteiger partial charge in [0.1, 0.15) is 18.1 Å². The number of halogens is 1. The molecular formula is C25H19ClN4O2. The quantitative estimate of drug-likeness (QED) is 0.333. The van der Waals surface area contributed by atoms with Gasteiger partial charge in [-0.2, -0.15) is 4.98 Å². The predicted octanol–water partition coefficient (Wildman–Crippen LogP) is 6.08. The molecule has 3 aromatic carbocycles. The molecule has 6 nitrogen and oxygen atoms in total. The van der Waals surface area contributed by atoms with Crippen LogP contribution >= 0.6 is 11.6 Å². The van der Waals surface area contributed by atoms with Gasteiger partial charge in [-0.25, -0.2) is 4.52 Å². The lowest BCUT2D eigenvalue weighted by Crippen LogP contribution is -1.96. The Kier molecular flexibility index (Phi) is 5.35. The molecule has 5 aromatic rings. The van der Waals surface area contributed by atoms with Gasteiger partial charge in [0.05, 0.1) is 0 Å². The molecule has 0 unspecified atom stereocenters. The SMILES string of the molecule is Oc1ccc(Cl)c(-c2ccc3nc(Nc4ccc(OCc5ccccc5)cc4)nn3c2)c1. The van der Waals surface area contributed by atoms with Crippen LogP contribution in [0.1, 0.15) is 5.56 Å². The number of nitrogens with zero attached hydrogens (tertiary/aromatic N) is 3. The number of anilines is 2. The molecule has 0 saturated carbocycles. The van der Waals surface area contributed by atoms with Crippen molar-refractivity contribution in [1.29, 1.82) is 0 Å². The van der Waals surface area contributed by atoms with Crippen LogP contribution in [0.2, 0.25) is 5.02 Å². The Labute approximate surface area is 189 Å². The summed E-state index contributed by atoms with van der Waals surface area (Å²) >= 11 is 6.29. The molecule has 0 aliphatic heterocycles. The Morgan fingerprint density at radius 2 is 1.75 bits per heavy atom.